The van der Waals surface area contributed by atoms with E-state index in [9.17, 15) is 18.0 Å². The quantitative estimate of drug-likeness (QED) is 0.421. The number of ether oxygens (including phenoxy) is 1. The number of hydrogen-bond donors (Lipinski definition) is 2. The monoisotopic (exact) mass is 477 g/mol. The molecule has 33 heavy (non-hydrogen) atoms. The lowest BCUT2D eigenvalue weighted by Crippen LogP contribution is -2.22. The molecular weight excluding hydrogens is 459 g/mol. The van der Waals surface area contributed by atoms with Crippen molar-refractivity contribution >= 4 is 39.1 Å². The number of urea groups is 1. The summed E-state index contributed by atoms with van der Waals surface area (Å²) in [4.78, 5) is 23.0. The first-order chi connectivity index (χ1) is 15.7. The van der Waals surface area contributed by atoms with Crippen LogP contribution in [-0.2, 0) is 10.9 Å². The molecule has 9 nitrogen and oxygen atoms in total. The number of aromatic nitrogens is 5. The summed E-state index contributed by atoms with van der Waals surface area (Å²) < 4.78 is 46.3. The van der Waals surface area contributed by atoms with Gasteiger partial charge in [-0.1, -0.05) is 11.3 Å². The van der Waals surface area contributed by atoms with Gasteiger partial charge in [0.15, 0.2) is 0 Å². The molecule has 0 aliphatic rings. The Morgan fingerprint density at radius 3 is 2.61 bits per heavy atom. The molecule has 172 valence electrons. The van der Waals surface area contributed by atoms with Crippen molar-refractivity contribution in [3.8, 4) is 5.69 Å². The predicted molar refractivity (Wildman–Crippen MR) is 117 cm³/mol. The molecule has 4 rings (SSSR count). The number of pyridine rings is 1. The molecule has 13 heteroatoms. The van der Waals surface area contributed by atoms with E-state index in [-0.39, 0.29) is 11.4 Å². The standard InChI is InChI=1S/C20H18F3N7O2S/c1-10(32-3)16-14(9-24-18-17(16)27-11(2)33-18)29-19(31)28-12-4-5-15(30-25-6-7-26-30)13(8-12)20(21,22)23/h4-10H,1-3H3,(H2,28,29,31). The number of alkyl halides is 3. The molecular formula is C20H18F3N7O2S. The first kappa shape index (κ1) is 22.6. The Morgan fingerprint density at radius 2 is 1.94 bits per heavy atom. The second-order valence-corrected chi connectivity index (χ2v) is 8.16. The van der Waals surface area contributed by atoms with Gasteiger partial charge in [0.25, 0.3) is 0 Å². The topological polar surface area (TPSA) is 107 Å². The molecule has 1 aromatic carbocycles. The summed E-state index contributed by atoms with van der Waals surface area (Å²) in [5, 5.41) is 13.4. The van der Waals surface area contributed by atoms with Crippen molar-refractivity contribution in [3.05, 3.63) is 52.9 Å². The molecule has 1 atom stereocenters. The van der Waals surface area contributed by atoms with Crippen LogP contribution in [0.3, 0.4) is 0 Å². The number of amides is 2. The Bertz CT molecular complexity index is 1310. The minimum absolute atomic E-state index is 0.0596. The van der Waals surface area contributed by atoms with E-state index < -0.39 is 23.9 Å². The van der Waals surface area contributed by atoms with Crippen molar-refractivity contribution in [1.29, 1.82) is 0 Å². The molecule has 2 N–H and O–H groups in total. The van der Waals surface area contributed by atoms with Crippen molar-refractivity contribution in [1.82, 2.24) is 25.0 Å². The third-order valence-corrected chi connectivity index (χ3v) is 5.65. The normalized spacial score (nSPS) is 12.7. The number of halogens is 3. The van der Waals surface area contributed by atoms with Crippen LogP contribution in [0.25, 0.3) is 16.0 Å². The Hall–Kier alpha value is -3.58. The van der Waals surface area contributed by atoms with Crippen LogP contribution in [0.2, 0.25) is 0 Å². The van der Waals surface area contributed by atoms with Gasteiger partial charge in [-0.05, 0) is 32.0 Å². The SMILES string of the molecule is COC(C)c1c(NC(=O)Nc2ccc(-n3nccn3)c(C(F)(F)F)c2)cnc2sc(C)nc12. The van der Waals surface area contributed by atoms with Gasteiger partial charge in [-0.2, -0.15) is 28.2 Å². The third-order valence-electron chi connectivity index (χ3n) is 4.77. The molecule has 1 unspecified atom stereocenters. The summed E-state index contributed by atoms with van der Waals surface area (Å²) in [5.74, 6) is 0. The van der Waals surface area contributed by atoms with E-state index in [1.165, 1.54) is 49.2 Å². The highest BCUT2D eigenvalue weighted by Gasteiger charge is 2.35. The van der Waals surface area contributed by atoms with E-state index in [0.29, 0.717) is 21.6 Å². The van der Waals surface area contributed by atoms with Gasteiger partial charge in [-0.15, -0.1) is 0 Å². The number of carbonyl (C=O) groups excluding carboxylic acids is 1. The van der Waals surface area contributed by atoms with Crippen LogP contribution in [-0.4, -0.2) is 38.1 Å². The highest BCUT2D eigenvalue weighted by atomic mass is 32.1. The minimum atomic E-state index is -4.68. The van der Waals surface area contributed by atoms with Crippen LogP contribution < -0.4 is 10.6 Å². The lowest BCUT2D eigenvalue weighted by atomic mass is 10.1. The molecule has 3 aromatic heterocycles. The molecule has 0 aliphatic heterocycles. The van der Waals surface area contributed by atoms with E-state index in [1.54, 1.807) is 6.92 Å². The Morgan fingerprint density at radius 1 is 1.21 bits per heavy atom. The zero-order valence-electron chi connectivity index (χ0n) is 17.6. The van der Waals surface area contributed by atoms with Crippen molar-refractivity contribution in [3.63, 3.8) is 0 Å². The zero-order chi connectivity index (χ0) is 23.8. The van der Waals surface area contributed by atoms with E-state index in [2.05, 4.69) is 30.8 Å². The number of nitrogens with one attached hydrogen (secondary N) is 2. The van der Waals surface area contributed by atoms with Gasteiger partial charge in [-0.25, -0.2) is 14.8 Å². The van der Waals surface area contributed by atoms with Gasteiger partial charge in [-0.3, -0.25) is 0 Å². The summed E-state index contributed by atoms with van der Waals surface area (Å²) in [6, 6.07) is 2.59. The van der Waals surface area contributed by atoms with Crippen molar-refractivity contribution in [2.45, 2.75) is 26.1 Å². The van der Waals surface area contributed by atoms with Gasteiger partial charge in [0.1, 0.15) is 10.3 Å². The number of benzene rings is 1. The van der Waals surface area contributed by atoms with Gasteiger partial charge < -0.3 is 15.4 Å². The zero-order valence-corrected chi connectivity index (χ0v) is 18.5. The molecule has 0 saturated carbocycles. The minimum Gasteiger partial charge on any atom is -0.377 e. The lowest BCUT2D eigenvalue weighted by Gasteiger charge is -2.17. The van der Waals surface area contributed by atoms with Gasteiger partial charge >= 0.3 is 12.2 Å². The molecule has 0 bridgehead atoms. The number of methoxy groups -OCH3 is 1. The number of aryl methyl sites for hydroxylation is 1. The van der Waals surface area contributed by atoms with Crippen molar-refractivity contribution < 1.29 is 22.7 Å². The second-order valence-electron chi connectivity index (χ2n) is 6.98. The Kier molecular flexibility index (Phi) is 5.99. The summed E-state index contributed by atoms with van der Waals surface area (Å²) in [6.45, 7) is 3.64. The number of anilines is 2. The maximum Gasteiger partial charge on any atom is 0.418 e. The Balaban J connectivity index is 1.63. The molecule has 0 spiro atoms. The number of carbonyl (C=O) groups is 1. The fourth-order valence-corrected chi connectivity index (χ4v) is 4.04. The molecule has 3 heterocycles. The number of rotatable bonds is 5. The average Bonchev–Trinajstić information content (AvgIpc) is 3.41. The molecule has 2 amide bonds. The van der Waals surface area contributed by atoms with Crippen LogP contribution in [0.5, 0.6) is 0 Å². The van der Waals surface area contributed by atoms with E-state index >= 15 is 0 Å². The maximum atomic E-state index is 13.6. The van der Waals surface area contributed by atoms with E-state index in [4.69, 9.17) is 4.74 Å². The van der Waals surface area contributed by atoms with Crippen LogP contribution in [0, 0.1) is 6.92 Å². The fourth-order valence-electron chi connectivity index (χ4n) is 3.27. The predicted octanol–water partition coefficient (Wildman–Crippen LogP) is 4.95. The number of hydrogen-bond acceptors (Lipinski definition) is 7. The summed E-state index contributed by atoms with van der Waals surface area (Å²) in [7, 11) is 1.52. The lowest BCUT2D eigenvalue weighted by molar-refractivity contribution is -0.137. The second kappa shape index (κ2) is 8.75. The van der Waals surface area contributed by atoms with Gasteiger partial charge in [0.05, 0.1) is 46.6 Å². The number of thiazole rings is 1. The van der Waals surface area contributed by atoms with Crippen LogP contribution in [0.15, 0.2) is 36.8 Å². The first-order valence-corrected chi connectivity index (χ1v) is 10.4. The van der Waals surface area contributed by atoms with Crippen LogP contribution in [0.4, 0.5) is 29.3 Å². The van der Waals surface area contributed by atoms with E-state index in [0.717, 1.165) is 15.9 Å². The molecule has 0 aliphatic carbocycles. The summed E-state index contributed by atoms with van der Waals surface area (Å²) in [5.41, 5.74) is 0.247. The maximum absolute atomic E-state index is 13.6. The number of nitrogens with zero attached hydrogens (tertiary/aromatic N) is 5. The first-order valence-electron chi connectivity index (χ1n) is 9.62. The van der Waals surface area contributed by atoms with Crippen LogP contribution in [0.1, 0.15) is 29.2 Å². The van der Waals surface area contributed by atoms with Crippen molar-refractivity contribution in [2.75, 3.05) is 17.7 Å². The van der Waals surface area contributed by atoms with Gasteiger partial charge in [0, 0.05) is 18.4 Å². The summed E-state index contributed by atoms with van der Waals surface area (Å²) >= 11 is 1.40. The fraction of sp³-hybridized carbons (Fsp3) is 0.250. The average molecular weight is 477 g/mol. The summed E-state index contributed by atoms with van der Waals surface area (Å²) in [6.07, 6.45) is -1.08. The molecule has 0 saturated heterocycles. The largest absolute Gasteiger partial charge is 0.418 e. The number of fused-ring (bicyclic) bond motifs is 1. The van der Waals surface area contributed by atoms with Crippen molar-refractivity contribution in [2.24, 2.45) is 0 Å². The molecule has 0 radical (unpaired) electrons. The van der Waals surface area contributed by atoms with Crippen LogP contribution >= 0.6 is 11.3 Å². The Labute approximate surface area is 189 Å². The highest BCUT2D eigenvalue weighted by Crippen LogP contribution is 2.36. The third kappa shape index (κ3) is 4.64. The van der Waals surface area contributed by atoms with E-state index in [1.807, 2.05) is 6.92 Å². The smallest absolute Gasteiger partial charge is 0.377 e. The molecule has 0 fully saturated rings. The highest BCUT2D eigenvalue weighted by molar-refractivity contribution is 7.18. The van der Waals surface area contributed by atoms with Gasteiger partial charge in [0.2, 0.25) is 0 Å². The molecule has 4 aromatic rings.